The highest BCUT2D eigenvalue weighted by Gasteiger charge is 2.39. The van der Waals surface area contributed by atoms with E-state index < -0.39 is 10.0 Å². The van der Waals surface area contributed by atoms with Gasteiger partial charge in [0, 0.05) is 22.3 Å². The smallest absolute Gasteiger partial charge is 0.261 e. The zero-order valence-corrected chi connectivity index (χ0v) is 21.4. The summed E-state index contributed by atoms with van der Waals surface area (Å²) in [6.07, 6.45) is 5.26. The molecule has 0 amide bonds. The van der Waals surface area contributed by atoms with Crippen LogP contribution >= 0.6 is 11.6 Å². The molecule has 0 unspecified atom stereocenters. The van der Waals surface area contributed by atoms with E-state index >= 15 is 0 Å². The maximum atomic E-state index is 13.3. The second-order valence-corrected chi connectivity index (χ2v) is 11.4. The molecule has 1 aliphatic carbocycles. The first kappa shape index (κ1) is 23.6. The number of nitrogens with one attached hydrogen (secondary N) is 2. The molecule has 37 heavy (non-hydrogen) atoms. The highest BCUT2D eigenvalue weighted by Crippen LogP contribution is 2.51. The summed E-state index contributed by atoms with van der Waals surface area (Å²) < 4.78 is 35.1. The highest BCUT2D eigenvalue weighted by atomic mass is 35.5. The number of fused-ring (bicyclic) bond motifs is 3. The molecule has 6 rings (SSSR count). The summed E-state index contributed by atoms with van der Waals surface area (Å²) in [5, 5.41) is 4.36. The van der Waals surface area contributed by atoms with Gasteiger partial charge in [-0.25, -0.2) is 8.42 Å². The Bertz CT molecular complexity index is 1570. The van der Waals surface area contributed by atoms with Crippen molar-refractivity contribution in [3.05, 3.63) is 125 Å². The molecule has 0 saturated carbocycles. The van der Waals surface area contributed by atoms with Gasteiger partial charge in [-0.2, -0.15) is 0 Å². The molecule has 0 fully saturated rings. The molecule has 186 valence electrons. The number of anilines is 2. The van der Waals surface area contributed by atoms with Gasteiger partial charge in [-0.05, 0) is 84.1 Å². The Morgan fingerprint density at radius 1 is 0.838 bits per heavy atom. The summed E-state index contributed by atoms with van der Waals surface area (Å²) in [4.78, 5) is 0.230. The molecule has 1 heterocycles. The largest absolute Gasteiger partial charge is 0.457 e. The number of rotatable bonds is 6. The molecule has 4 aromatic carbocycles. The number of ether oxygens (including phenoxy) is 1. The predicted molar refractivity (Wildman–Crippen MR) is 148 cm³/mol. The second-order valence-electron chi connectivity index (χ2n) is 9.29. The summed E-state index contributed by atoms with van der Waals surface area (Å²) in [6.45, 7) is 0. The van der Waals surface area contributed by atoms with Crippen molar-refractivity contribution in [2.45, 2.75) is 23.3 Å². The molecule has 1 aliphatic heterocycles. The van der Waals surface area contributed by atoms with Gasteiger partial charge in [0.25, 0.3) is 10.0 Å². The predicted octanol–water partition coefficient (Wildman–Crippen LogP) is 7.76. The Morgan fingerprint density at radius 3 is 2.35 bits per heavy atom. The Morgan fingerprint density at radius 2 is 1.57 bits per heavy atom. The van der Waals surface area contributed by atoms with Crippen LogP contribution in [-0.2, 0) is 10.0 Å². The van der Waals surface area contributed by atoms with Crippen LogP contribution in [-0.4, -0.2) is 8.42 Å². The van der Waals surface area contributed by atoms with Gasteiger partial charge in [0.05, 0.1) is 10.9 Å². The van der Waals surface area contributed by atoms with E-state index in [0.717, 1.165) is 34.0 Å². The van der Waals surface area contributed by atoms with Crippen molar-refractivity contribution in [1.29, 1.82) is 0 Å². The molecular weight excluding hydrogens is 504 g/mol. The van der Waals surface area contributed by atoms with Gasteiger partial charge in [0.1, 0.15) is 11.5 Å². The molecule has 0 radical (unpaired) electrons. The number of hydrogen-bond donors (Lipinski definition) is 2. The van der Waals surface area contributed by atoms with E-state index in [9.17, 15) is 8.42 Å². The summed E-state index contributed by atoms with van der Waals surface area (Å²) in [5.41, 5.74) is 3.44. The molecule has 4 aromatic rings. The first-order valence-electron chi connectivity index (χ1n) is 12.2. The van der Waals surface area contributed by atoms with Crippen LogP contribution in [0.5, 0.6) is 11.5 Å². The average Bonchev–Trinajstić information content (AvgIpc) is 3.41. The molecule has 2 aliphatic rings. The van der Waals surface area contributed by atoms with E-state index in [1.165, 1.54) is 0 Å². The van der Waals surface area contributed by atoms with E-state index in [0.29, 0.717) is 11.4 Å². The van der Waals surface area contributed by atoms with Crippen molar-refractivity contribution in [2.24, 2.45) is 5.92 Å². The third kappa shape index (κ3) is 4.70. The van der Waals surface area contributed by atoms with Crippen molar-refractivity contribution >= 4 is 33.0 Å². The van der Waals surface area contributed by atoms with Gasteiger partial charge in [-0.1, -0.05) is 60.2 Å². The van der Waals surface area contributed by atoms with E-state index in [1.807, 2.05) is 54.6 Å². The van der Waals surface area contributed by atoms with Crippen LogP contribution in [0.3, 0.4) is 0 Å². The lowest BCUT2D eigenvalue weighted by atomic mass is 9.77. The first-order valence-corrected chi connectivity index (χ1v) is 14.0. The highest BCUT2D eigenvalue weighted by molar-refractivity contribution is 7.92. The third-order valence-electron chi connectivity index (χ3n) is 6.97. The lowest BCUT2D eigenvalue weighted by molar-refractivity contribution is 0.425. The summed E-state index contributed by atoms with van der Waals surface area (Å²) >= 11 is 6.53. The SMILES string of the molecule is O=S(=O)(Nc1ccc(Oc2ccccc2)cc1)c1ccc2c(c1)[C@H]1C=CC[C@H]1[C@@H](c1ccccc1Cl)N2. The fourth-order valence-electron chi connectivity index (χ4n) is 5.20. The summed E-state index contributed by atoms with van der Waals surface area (Å²) in [5.74, 6) is 1.72. The zero-order valence-electron chi connectivity index (χ0n) is 19.8. The molecule has 2 N–H and O–H groups in total. The van der Waals surface area contributed by atoms with E-state index in [1.54, 1.807) is 36.4 Å². The molecule has 7 heteroatoms. The number of sulfonamides is 1. The van der Waals surface area contributed by atoms with Gasteiger partial charge in [-0.3, -0.25) is 4.72 Å². The fourth-order valence-corrected chi connectivity index (χ4v) is 6.55. The molecule has 0 aromatic heterocycles. The second kappa shape index (κ2) is 9.61. The van der Waals surface area contributed by atoms with E-state index in [2.05, 4.69) is 28.3 Å². The van der Waals surface area contributed by atoms with Gasteiger partial charge < -0.3 is 10.1 Å². The average molecular weight is 529 g/mol. The Balaban J connectivity index is 1.24. The fraction of sp³-hybridized carbons (Fsp3) is 0.133. The minimum Gasteiger partial charge on any atom is -0.457 e. The lowest BCUT2D eigenvalue weighted by Gasteiger charge is -2.38. The van der Waals surface area contributed by atoms with Crippen molar-refractivity contribution in [1.82, 2.24) is 0 Å². The van der Waals surface area contributed by atoms with Crippen LogP contribution in [0.4, 0.5) is 11.4 Å². The molecule has 0 bridgehead atoms. The van der Waals surface area contributed by atoms with Crippen molar-refractivity contribution in [2.75, 3.05) is 10.0 Å². The topological polar surface area (TPSA) is 67.4 Å². The minimum atomic E-state index is -3.78. The van der Waals surface area contributed by atoms with Crippen LogP contribution < -0.4 is 14.8 Å². The van der Waals surface area contributed by atoms with Gasteiger partial charge in [0.2, 0.25) is 0 Å². The number of allylic oxidation sites excluding steroid dienone is 2. The van der Waals surface area contributed by atoms with Crippen molar-refractivity contribution in [3.8, 4) is 11.5 Å². The van der Waals surface area contributed by atoms with Crippen LogP contribution in [0.1, 0.15) is 29.5 Å². The summed E-state index contributed by atoms with van der Waals surface area (Å²) in [6, 6.07) is 29.5. The maximum absolute atomic E-state index is 13.3. The third-order valence-corrected chi connectivity index (χ3v) is 8.69. The quantitative estimate of drug-likeness (QED) is 0.251. The van der Waals surface area contributed by atoms with Gasteiger partial charge in [-0.15, -0.1) is 0 Å². The Labute approximate surface area is 221 Å². The molecule has 0 spiro atoms. The normalized spacial score (nSPS) is 20.0. The molecule has 3 atom stereocenters. The number of halogens is 1. The van der Waals surface area contributed by atoms with Crippen LogP contribution in [0.2, 0.25) is 5.02 Å². The lowest BCUT2D eigenvalue weighted by Crippen LogP contribution is -2.29. The van der Waals surface area contributed by atoms with E-state index in [-0.39, 0.29) is 22.8 Å². The zero-order chi connectivity index (χ0) is 25.4. The van der Waals surface area contributed by atoms with Crippen molar-refractivity contribution < 1.29 is 13.2 Å². The van der Waals surface area contributed by atoms with Gasteiger partial charge >= 0.3 is 0 Å². The number of hydrogen-bond acceptors (Lipinski definition) is 4. The molecular formula is C30H25ClN2O3S. The van der Waals surface area contributed by atoms with Crippen molar-refractivity contribution in [3.63, 3.8) is 0 Å². The Hall–Kier alpha value is -3.74. The Kier molecular flexibility index (Phi) is 6.14. The summed E-state index contributed by atoms with van der Waals surface area (Å²) in [7, 11) is -3.78. The first-order chi connectivity index (χ1) is 18.0. The van der Waals surface area contributed by atoms with Gasteiger partial charge in [0.15, 0.2) is 0 Å². The van der Waals surface area contributed by atoms with Crippen LogP contribution in [0, 0.1) is 5.92 Å². The van der Waals surface area contributed by atoms with Crippen LogP contribution in [0.15, 0.2) is 114 Å². The number of para-hydroxylation sites is 1. The van der Waals surface area contributed by atoms with Crippen LogP contribution in [0.25, 0.3) is 0 Å². The molecule has 5 nitrogen and oxygen atoms in total. The monoisotopic (exact) mass is 528 g/mol. The maximum Gasteiger partial charge on any atom is 0.261 e. The number of benzene rings is 4. The van der Waals surface area contributed by atoms with E-state index in [4.69, 9.17) is 16.3 Å². The standard InChI is InChI=1S/C30H25ClN2O3S/c31-28-12-5-4-9-26(28)30-25-11-6-10-24(25)27-19-23(17-18-29(27)32-30)37(34,35)33-20-13-15-22(16-14-20)36-21-7-2-1-3-8-21/h1-10,12-19,24-25,30,32-33H,11H2/t24-,25+,30-/m0/s1. The minimum absolute atomic E-state index is 0.0541. The molecule has 0 saturated heterocycles.